The maximum Gasteiger partial charge on any atom is 0.309 e. The molecule has 2 N–H and O–H groups in total. The zero-order valence-electron chi connectivity index (χ0n) is 16.9. The summed E-state index contributed by atoms with van der Waals surface area (Å²) in [7, 11) is 0. The number of halogens is 1. The Hall–Kier alpha value is -3.19. The Labute approximate surface area is 174 Å². The molecule has 0 unspecified atom stereocenters. The molecule has 1 aliphatic heterocycles. The molecule has 1 aromatic carbocycles. The van der Waals surface area contributed by atoms with Gasteiger partial charge in [-0.05, 0) is 48.4 Å². The number of hydrogen-bond donors (Lipinski definition) is 2. The number of benzene rings is 1. The van der Waals surface area contributed by atoms with E-state index in [1.54, 1.807) is 18.2 Å². The van der Waals surface area contributed by atoms with Crippen LogP contribution in [-0.4, -0.2) is 38.0 Å². The van der Waals surface area contributed by atoms with Crippen molar-refractivity contribution in [1.29, 1.82) is 0 Å². The van der Waals surface area contributed by atoms with E-state index in [-0.39, 0.29) is 18.2 Å². The maximum atomic E-state index is 13.6. The van der Waals surface area contributed by atoms with Gasteiger partial charge >= 0.3 is 5.97 Å². The lowest BCUT2D eigenvalue weighted by Gasteiger charge is -2.23. The molecule has 2 aromatic heterocycles. The number of aromatic nitrogens is 3. The second-order valence-electron chi connectivity index (χ2n) is 7.76. The SMILES string of the molecule is CC(C)c1nn(-c2ccc[nH]2)c(-c2ccc(F)cc2)c1C=C[C@H]1C[C@H](O)CC(=O)O1. The normalized spacial score (nSPS) is 19.6. The summed E-state index contributed by atoms with van der Waals surface area (Å²) >= 11 is 0. The number of aliphatic hydroxyl groups is 1. The van der Waals surface area contributed by atoms with Crippen molar-refractivity contribution in [3.8, 4) is 17.1 Å². The van der Waals surface area contributed by atoms with Crippen LogP contribution in [0.25, 0.3) is 23.2 Å². The molecular weight excluding hydrogens is 385 g/mol. The van der Waals surface area contributed by atoms with Crippen molar-refractivity contribution < 1.29 is 19.0 Å². The van der Waals surface area contributed by atoms with E-state index < -0.39 is 18.2 Å². The van der Waals surface area contributed by atoms with Gasteiger partial charge in [-0.1, -0.05) is 19.9 Å². The van der Waals surface area contributed by atoms with Gasteiger partial charge < -0.3 is 14.8 Å². The Morgan fingerprint density at radius 1 is 1.30 bits per heavy atom. The molecule has 4 rings (SSSR count). The van der Waals surface area contributed by atoms with Crippen LogP contribution in [0.4, 0.5) is 4.39 Å². The van der Waals surface area contributed by atoms with Crippen molar-refractivity contribution in [3.05, 3.63) is 65.7 Å². The van der Waals surface area contributed by atoms with Gasteiger partial charge in [0, 0.05) is 23.7 Å². The summed E-state index contributed by atoms with van der Waals surface area (Å²) in [5, 5.41) is 14.7. The van der Waals surface area contributed by atoms with Gasteiger partial charge in [-0.3, -0.25) is 4.79 Å². The van der Waals surface area contributed by atoms with Crippen molar-refractivity contribution in [2.24, 2.45) is 0 Å². The first-order chi connectivity index (χ1) is 14.4. The molecule has 3 heterocycles. The standard InChI is InChI=1S/C23H24FN3O3/c1-14(2)22-19(10-9-18-12-17(28)13-21(29)30-18)23(15-5-7-16(24)8-6-15)27(26-22)20-4-3-11-25-20/h3-11,14,17-18,25,28H,12-13H2,1-2H3/t17-,18-/m0/s1. The van der Waals surface area contributed by atoms with Crippen LogP contribution < -0.4 is 0 Å². The second-order valence-corrected chi connectivity index (χ2v) is 7.76. The monoisotopic (exact) mass is 409 g/mol. The number of aliphatic hydroxyl groups excluding tert-OH is 1. The van der Waals surface area contributed by atoms with E-state index in [1.807, 2.05) is 29.1 Å². The van der Waals surface area contributed by atoms with Crippen LogP contribution in [0, 0.1) is 5.82 Å². The van der Waals surface area contributed by atoms with Gasteiger partial charge in [-0.2, -0.15) is 5.10 Å². The van der Waals surface area contributed by atoms with E-state index in [1.165, 1.54) is 12.1 Å². The van der Waals surface area contributed by atoms with Gasteiger partial charge in [0.1, 0.15) is 17.7 Å². The van der Waals surface area contributed by atoms with E-state index >= 15 is 0 Å². The number of nitrogens with one attached hydrogen (secondary N) is 1. The van der Waals surface area contributed by atoms with Gasteiger partial charge in [0.05, 0.1) is 23.9 Å². The number of carbonyl (C=O) groups excluding carboxylic acids is 1. The Balaban J connectivity index is 1.84. The average Bonchev–Trinajstić information content (AvgIpc) is 3.34. The highest BCUT2D eigenvalue weighted by Crippen LogP contribution is 2.34. The minimum atomic E-state index is -0.705. The number of hydrogen-bond acceptors (Lipinski definition) is 4. The fourth-order valence-electron chi connectivity index (χ4n) is 3.68. The largest absolute Gasteiger partial charge is 0.458 e. The van der Waals surface area contributed by atoms with Gasteiger partial charge in [0.25, 0.3) is 0 Å². The summed E-state index contributed by atoms with van der Waals surface area (Å²) in [6.07, 6.45) is 4.66. The maximum absolute atomic E-state index is 13.6. The highest BCUT2D eigenvalue weighted by atomic mass is 19.1. The van der Waals surface area contributed by atoms with Crippen LogP contribution in [-0.2, 0) is 9.53 Å². The molecular formula is C23H24FN3O3. The molecule has 2 atom stereocenters. The van der Waals surface area contributed by atoms with E-state index in [0.717, 1.165) is 28.3 Å². The third kappa shape index (κ3) is 4.07. The van der Waals surface area contributed by atoms with E-state index in [4.69, 9.17) is 9.84 Å². The Kier molecular flexibility index (Phi) is 5.55. The van der Waals surface area contributed by atoms with Crippen molar-refractivity contribution in [2.75, 3.05) is 0 Å². The van der Waals surface area contributed by atoms with Crippen LogP contribution in [0.15, 0.2) is 48.7 Å². The molecule has 0 amide bonds. The number of esters is 1. The predicted octanol–water partition coefficient (Wildman–Crippen LogP) is 4.21. The number of aromatic amines is 1. The van der Waals surface area contributed by atoms with Crippen LogP contribution in [0.1, 0.15) is 43.9 Å². The van der Waals surface area contributed by atoms with Crippen molar-refractivity contribution in [3.63, 3.8) is 0 Å². The van der Waals surface area contributed by atoms with Crippen molar-refractivity contribution >= 4 is 12.0 Å². The topological polar surface area (TPSA) is 80.1 Å². The summed E-state index contributed by atoms with van der Waals surface area (Å²) in [5.41, 5.74) is 3.34. The number of ether oxygens (including phenoxy) is 1. The predicted molar refractivity (Wildman–Crippen MR) is 112 cm³/mol. The third-order valence-corrected chi connectivity index (χ3v) is 5.09. The lowest BCUT2D eigenvalue weighted by molar-refractivity contribution is -0.156. The molecule has 6 nitrogen and oxygen atoms in total. The van der Waals surface area contributed by atoms with Gasteiger partial charge in [0.15, 0.2) is 0 Å². The van der Waals surface area contributed by atoms with Crippen LogP contribution in [0.5, 0.6) is 0 Å². The zero-order valence-corrected chi connectivity index (χ0v) is 16.9. The number of nitrogens with zero attached hydrogens (tertiary/aromatic N) is 2. The molecule has 7 heteroatoms. The molecule has 30 heavy (non-hydrogen) atoms. The Morgan fingerprint density at radius 2 is 2.07 bits per heavy atom. The number of rotatable bonds is 5. The Morgan fingerprint density at radius 3 is 2.70 bits per heavy atom. The Bertz CT molecular complexity index is 1050. The molecule has 0 bridgehead atoms. The highest BCUT2D eigenvalue weighted by molar-refractivity contribution is 5.76. The molecule has 0 radical (unpaired) electrons. The van der Waals surface area contributed by atoms with Gasteiger partial charge in [-0.15, -0.1) is 0 Å². The van der Waals surface area contributed by atoms with Crippen molar-refractivity contribution in [2.45, 2.75) is 44.8 Å². The fourth-order valence-corrected chi connectivity index (χ4v) is 3.68. The first-order valence-corrected chi connectivity index (χ1v) is 10.0. The quantitative estimate of drug-likeness (QED) is 0.619. The number of cyclic esters (lactones) is 1. The summed E-state index contributed by atoms with van der Waals surface area (Å²) in [6.45, 7) is 4.11. The van der Waals surface area contributed by atoms with Crippen molar-refractivity contribution in [1.82, 2.24) is 14.8 Å². The second kappa shape index (κ2) is 8.28. The molecule has 156 valence electrons. The molecule has 0 aliphatic carbocycles. The minimum absolute atomic E-state index is 0.0210. The lowest BCUT2D eigenvalue weighted by Crippen LogP contribution is -2.31. The smallest absolute Gasteiger partial charge is 0.309 e. The first-order valence-electron chi connectivity index (χ1n) is 10.0. The lowest BCUT2D eigenvalue weighted by atomic mass is 9.98. The number of H-pyrrole nitrogens is 1. The molecule has 1 fully saturated rings. The van der Waals surface area contributed by atoms with Gasteiger partial charge in [0.2, 0.25) is 0 Å². The highest BCUT2D eigenvalue weighted by Gasteiger charge is 2.26. The molecule has 0 spiro atoms. The summed E-state index contributed by atoms with van der Waals surface area (Å²) in [6, 6.07) is 10.1. The van der Waals surface area contributed by atoms with Crippen LogP contribution in [0.3, 0.4) is 0 Å². The summed E-state index contributed by atoms with van der Waals surface area (Å²) in [5.74, 6) is 0.192. The molecule has 1 saturated heterocycles. The molecule has 1 aliphatic rings. The number of carbonyl (C=O) groups is 1. The van der Waals surface area contributed by atoms with E-state index in [0.29, 0.717) is 6.42 Å². The third-order valence-electron chi connectivity index (χ3n) is 5.09. The van der Waals surface area contributed by atoms with E-state index in [2.05, 4.69) is 18.8 Å². The summed E-state index contributed by atoms with van der Waals surface area (Å²) < 4.78 is 20.7. The zero-order chi connectivity index (χ0) is 21.3. The molecule has 0 saturated carbocycles. The van der Waals surface area contributed by atoms with E-state index in [9.17, 15) is 14.3 Å². The summed E-state index contributed by atoms with van der Waals surface area (Å²) in [4.78, 5) is 14.8. The van der Waals surface area contributed by atoms with Gasteiger partial charge in [-0.25, -0.2) is 9.07 Å². The molecule has 3 aromatic rings. The van der Waals surface area contributed by atoms with Crippen LogP contribution in [0.2, 0.25) is 0 Å². The minimum Gasteiger partial charge on any atom is -0.458 e. The first kappa shape index (κ1) is 20.1. The fraction of sp³-hybridized carbons (Fsp3) is 0.304. The van der Waals surface area contributed by atoms with Crippen LogP contribution >= 0.6 is 0 Å². The average molecular weight is 409 g/mol.